The van der Waals surface area contributed by atoms with Crippen molar-refractivity contribution in [3.05, 3.63) is 48.0 Å². The molecule has 0 radical (unpaired) electrons. The maximum atomic E-state index is 13.2. The van der Waals surface area contributed by atoms with Crippen molar-refractivity contribution in [2.45, 2.75) is 24.7 Å². The van der Waals surface area contributed by atoms with E-state index in [1.165, 1.54) is 23.0 Å². The molecule has 0 spiro atoms. The van der Waals surface area contributed by atoms with Gasteiger partial charge in [-0.25, -0.2) is 8.42 Å². The molecule has 7 nitrogen and oxygen atoms in total. The number of nitrogens with one attached hydrogen (secondary N) is 2. The number of methoxy groups -OCH3 is 1. The fourth-order valence-electron chi connectivity index (χ4n) is 3.11. The van der Waals surface area contributed by atoms with Gasteiger partial charge in [0.2, 0.25) is 10.0 Å². The Morgan fingerprint density at radius 3 is 2.37 bits per heavy atom. The molecule has 1 fully saturated rings. The van der Waals surface area contributed by atoms with Crippen LogP contribution in [0.5, 0.6) is 5.75 Å². The molecule has 30 heavy (non-hydrogen) atoms. The molecule has 1 saturated heterocycles. The van der Waals surface area contributed by atoms with Crippen LogP contribution in [0.3, 0.4) is 0 Å². The Morgan fingerprint density at radius 1 is 1.10 bits per heavy atom. The number of morpholine rings is 1. The van der Waals surface area contributed by atoms with Gasteiger partial charge in [-0.05, 0) is 48.0 Å². The van der Waals surface area contributed by atoms with E-state index in [0.29, 0.717) is 48.8 Å². The van der Waals surface area contributed by atoms with Crippen molar-refractivity contribution in [2.24, 2.45) is 0 Å². The Labute approximate surface area is 183 Å². The number of benzene rings is 2. The van der Waals surface area contributed by atoms with E-state index >= 15 is 0 Å². The third-order valence-electron chi connectivity index (χ3n) is 4.86. The van der Waals surface area contributed by atoms with E-state index in [9.17, 15) is 8.42 Å². The lowest BCUT2D eigenvalue weighted by Gasteiger charge is -2.27. The second kappa shape index (κ2) is 9.74. The van der Waals surface area contributed by atoms with Crippen LogP contribution in [-0.2, 0) is 14.8 Å². The minimum Gasteiger partial charge on any atom is -0.497 e. The van der Waals surface area contributed by atoms with E-state index in [1.807, 2.05) is 24.3 Å². The van der Waals surface area contributed by atoms with Gasteiger partial charge in [-0.15, -0.1) is 0 Å². The summed E-state index contributed by atoms with van der Waals surface area (Å²) in [6, 6.07) is 12.8. The molecule has 0 amide bonds. The minimum atomic E-state index is -3.74. The van der Waals surface area contributed by atoms with Crippen LogP contribution in [0.15, 0.2) is 47.4 Å². The lowest BCUT2D eigenvalue weighted by molar-refractivity contribution is 0.0730. The molecule has 2 aromatic carbocycles. The molecule has 1 aliphatic rings. The van der Waals surface area contributed by atoms with E-state index in [1.54, 1.807) is 12.1 Å². The van der Waals surface area contributed by atoms with Gasteiger partial charge >= 0.3 is 0 Å². The van der Waals surface area contributed by atoms with Crippen molar-refractivity contribution < 1.29 is 17.9 Å². The lowest BCUT2D eigenvalue weighted by Crippen LogP contribution is -2.41. The highest BCUT2D eigenvalue weighted by Crippen LogP contribution is 2.30. The monoisotopic (exact) mass is 449 g/mol. The van der Waals surface area contributed by atoms with Crippen LogP contribution in [0, 0.1) is 0 Å². The first-order chi connectivity index (χ1) is 14.3. The van der Waals surface area contributed by atoms with Gasteiger partial charge in [-0.3, -0.25) is 0 Å². The van der Waals surface area contributed by atoms with Crippen LogP contribution in [-0.4, -0.2) is 51.2 Å². The molecule has 0 unspecified atom stereocenters. The molecule has 3 rings (SSSR count). The summed E-state index contributed by atoms with van der Waals surface area (Å²) in [5.41, 5.74) is 2.44. The molecule has 2 N–H and O–H groups in total. The molecule has 2 aromatic rings. The van der Waals surface area contributed by atoms with Gasteiger partial charge in [0.15, 0.2) is 5.11 Å². The summed E-state index contributed by atoms with van der Waals surface area (Å²) < 4.78 is 38.4. The van der Waals surface area contributed by atoms with Gasteiger partial charge in [0.05, 0.1) is 26.0 Å². The van der Waals surface area contributed by atoms with Gasteiger partial charge in [-0.1, -0.05) is 26.0 Å². The van der Waals surface area contributed by atoms with Gasteiger partial charge < -0.3 is 20.1 Å². The van der Waals surface area contributed by atoms with Crippen molar-refractivity contribution >= 4 is 38.7 Å². The van der Waals surface area contributed by atoms with Crippen LogP contribution in [0.1, 0.15) is 25.3 Å². The highest BCUT2D eigenvalue weighted by atomic mass is 32.2. The summed E-state index contributed by atoms with van der Waals surface area (Å²) in [5.74, 6) is 0.895. The molecule has 0 aliphatic carbocycles. The van der Waals surface area contributed by atoms with Gasteiger partial charge in [0.25, 0.3) is 0 Å². The first-order valence-corrected chi connectivity index (χ1v) is 11.6. The summed E-state index contributed by atoms with van der Waals surface area (Å²) in [7, 11) is -2.23. The summed E-state index contributed by atoms with van der Waals surface area (Å²) in [6.45, 7) is 5.63. The normalized spacial score (nSPS) is 15.1. The Bertz CT molecular complexity index is 986. The van der Waals surface area contributed by atoms with E-state index < -0.39 is 10.0 Å². The highest BCUT2D eigenvalue weighted by Gasteiger charge is 2.29. The van der Waals surface area contributed by atoms with E-state index in [2.05, 4.69) is 24.5 Å². The van der Waals surface area contributed by atoms with E-state index in [0.717, 1.165) is 5.69 Å². The number of sulfonamides is 1. The van der Waals surface area contributed by atoms with Crippen molar-refractivity contribution in [3.63, 3.8) is 0 Å². The van der Waals surface area contributed by atoms with Crippen molar-refractivity contribution in [1.29, 1.82) is 0 Å². The highest BCUT2D eigenvalue weighted by molar-refractivity contribution is 7.89. The predicted octanol–water partition coefficient (Wildman–Crippen LogP) is 3.65. The number of hydrogen-bond acceptors (Lipinski definition) is 5. The standard InChI is InChI=1S/C21H27N3O4S2/c1-15(2)16-4-6-17(7-5-16)22-21(29)23-19-9-8-18(27-3)14-20(19)30(25,26)24-10-12-28-13-11-24/h4-9,14-15H,10-13H2,1-3H3,(H2,22,23,29). The number of rotatable bonds is 6. The molecule has 0 atom stereocenters. The number of thiocarbonyl (C=S) groups is 1. The largest absolute Gasteiger partial charge is 0.497 e. The number of nitrogens with zero attached hydrogens (tertiary/aromatic N) is 1. The van der Waals surface area contributed by atoms with Crippen molar-refractivity contribution in [1.82, 2.24) is 4.31 Å². The lowest BCUT2D eigenvalue weighted by atomic mass is 10.0. The van der Waals surface area contributed by atoms with Gasteiger partial charge in [-0.2, -0.15) is 4.31 Å². The van der Waals surface area contributed by atoms with E-state index in [-0.39, 0.29) is 4.90 Å². The minimum absolute atomic E-state index is 0.114. The molecular weight excluding hydrogens is 422 g/mol. The zero-order valence-electron chi connectivity index (χ0n) is 17.3. The smallest absolute Gasteiger partial charge is 0.245 e. The SMILES string of the molecule is COc1ccc(NC(=S)Nc2ccc(C(C)C)cc2)c(S(=O)(=O)N2CCOCC2)c1. The number of ether oxygens (including phenoxy) is 2. The van der Waals surface area contributed by atoms with Crippen LogP contribution in [0.4, 0.5) is 11.4 Å². The fourth-order valence-corrected chi connectivity index (χ4v) is 4.91. The van der Waals surface area contributed by atoms with Crippen LogP contribution in [0.2, 0.25) is 0 Å². The van der Waals surface area contributed by atoms with E-state index in [4.69, 9.17) is 21.7 Å². The van der Waals surface area contributed by atoms with Gasteiger partial charge in [0.1, 0.15) is 10.6 Å². The molecule has 0 saturated carbocycles. The maximum Gasteiger partial charge on any atom is 0.245 e. The topological polar surface area (TPSA) is 79.9 Å². The maximum absolute atomic E-state index is 13.2. The predicted molar refractivity (Wildman–Crippen MR) is 123 cm³/mol. The molecule has 0 bridgehead atoms. The average Bonchev–Trinajstić information content (AvgIpc) is 2.75. The van der Waals surface area contributed by atoms with Crippen LogP contribution >= 0.6 is 12.2 Å². The molecule has 9 heteroatoms. The fraction of sp³-hybridized carbons (Fsp3) is 0.381. The van der Waals surface area contributed by atoms with Crippen LogP contribution in [0.25, 0.3) is 0 Å². The molecule has 1 heterocycles. The van der Waals surface area contributed by atoms with Gasteiger partial charge in [0, 0.05) is 24.8 Å². The number of anilines is 2. The second-order valence-corrected chi connectivity index (χ2v) is 9.55. The quantitative estimate of drug-likeness (QED) is 0.652. The molecule has 1 aliphatic heterocycles. The average molecular weight is 450 g/mol. The summed E-state index contributed by atoms with van der Waals surface area (Å²) in [6.07, 6.45) is 0. The molecular formula is C21H27N3O4S2. The third-order valence-corrected chi connectivity index (χ3v) is 7.00. The van der Waals surface area contributed by atoms with Crippen LogP contribution < -0.4 is 15.4 Å². The zero-order valence-corrected chi connectivity index (χ0v) is 19.0. The summed E-state index contributed by atoms with van der Waals surface area (Å²) >= 11 is 5.42. The van der Waals surface area contributed by atoms with Crippen molar-refractivity contribution in [3.8, 4) is 5.75 Å². The van der Waals surface area contributed by atoms with Crippen molar-refractivity contribution in [2.75, 3.05) is 44.0 Å². The Morgan fingerprint density at radius 2 is 1.77 bits per heavy atom. The molecule has 0 aromatic heterocycles. The number of hydrogen-bond donors (Lipinski definition) is 2. The second-order valence-electron chi connectivity index (χ2n) is 7.23. The Hall–Kier alpha value is -2.20. The summed E-state index contributed by atoms with van der Waals surface area (Å²) in [4.78, 5) is 0.114. The first kappa shape index (κ1) is 22.5. The summed E-state index contributed by atoms with van der Waals surface area (Å²) in [5, 5.41) is 6.43. The first-order valence-electron chi connectivity index (χ1n) is 9.75. The Balaban J connectivity index is 1.82. The Kier molecular flexibility index (Phi) is 7.30. The zero-order chi connectivity index (χ0) is 21.7. The third kappa shape index (κ3) is 5.28. The molecule has 162 valence electrons.